The molecule has 1 aromatic heterocycles. The predicted octanol–water partition coefficient (Wildman–Crippen LogP) is 0.626. The third-order valence-electron chi connectivity index (χ3n) is 2.14. The van der Waals surface area contributed by atoms with Crippen molar-refractivity contribution in [1.82, 2.24) is 9.88 Å². The van der Waals surface area contributed by atoms with Crippen LogP contribution >= 0.6 is 0 Å². The summed E-state index contributed by atoms with van der Waals surface area (Å²) in [5, 5.41) is 0. The lowest BCUT2D eigenvalue weighted by molar-refractivity contribution is 0.160. The number of pyridine rings is 1. The fourth-order valence-corrected chi connectivity index (χ4v) is 1.59. The summed E-state index contributed by atoms with van der Waals surface area (Å²) in [5.74, 6) is -0.313. The van der Waals surface area contributed by atoms with E-state index < -0.39 is 0 Å². The van der Waals surface area contributed by atoms with Crippen molar-refractivity contribution in [3.05, 3.63) is 29.8 Å². The molecule has 1 aromatic rings. The first-order valence-corrected chi connectivity index (χ1v) is 5.14. The molecule has 2 N–H and O–H groups in total. The largest absolute Gasteiger partial charge is 0.383 e. The number of ether oxygens (including phenoxy) is 1. The average molecular weight is 227 g/mol. The van der Waals surface area contributed by atoms with Crippen LogP contribution in [0.15, 0.2) is 18.5 Å². The Morgan fingerprint density at radius 1 is 1.56 bits per heavy atom. The van der Waals surface area contributed by atoms with Gasteiger partial charge in [0.05, 0.1) is 12.8 Å². The molecule has 5 heteroatoms. The van der Waals surface area contributed by atoms with Gasteiger partial charge in [-0.15, -0.1) is 0 Å². The molecule has 0 radical (unpaired) electrons. The molecule has 0 aromatic carbocycles. The van der Waals surface area contributed by atoms with Crippen molar-refractivity contribution < 1.29 is 9.13 Å². The Labute approximate surface area is 95.2 Å². The van der Waals surface area contributed by atoms with Crippen LogP contribution in [0, 0.1) is 5.82 Å². The molecule has 0 saturated heterocycles. The minimum absolute atomic E-state index is 0.0310. The van der Waals surface area contributed by atoms with E-state index in [1.54, 1.807) is 13.3 Å². The first-order valence-electron chi connectivity index (χ1n) is 5.14. The minimum atomic E-state index is -0.313. The molecule has 1 rings (SSSR count). The fraction of sp³-hybridized carbons (Fsp3) is 0.545. The maximum absolute atomic E-state index is 12.9. The number of nitrogens with zero attached hydrogens (tertiary/aromatic N) is 2. The summed E-state index contributed by atoms with van der Waals surface area (Å²) in [7, 11) is 3.55. The van der Waals surface area contributed by atoms with Gasteiger partial charge < -0.3 is 15.4 Å². The summed E-state index contributed by atoms with van der Waals surface area (Å²) in [6.07, 6.45) is 2.85. The lowest BCUT2D eigenvalue weighted by atomic mass is 10.2. The van der Waals surface area contributed by atoms with Crippen LogP contribution in [-0.4, -0.2) is 43.2 Å². The summed E-state index contributed by atoms with van der Waals surface area (Å²) in [5.41, 5.74) is 6.65. The number of aromatic nitrogens is 1. The zero-order valence-corrected chi connectivity index (χ0v) is 9.69. The van der Waals surface area contributed by atoms with Crippen LogP contribution in [0.4, 0.5) is 4.39 Å². The molecule has 16 heavy (non-hydrogen) atoms. The Bertz CT molecular complexity index is 322. The van der Waals surface area contributed by atoms with Crippen molar-refractivity contribution >= 4 is 0 Å². The van der Waals surface area contributed by atoms with E-state index in [1.165, 1.54) is 12.3 Å². The number of rotatable bonds is 6. The van der Waals surface area contributed by atoms with Crippen molar-refractivity contribution in [1.29, 1.82) is 0 Å². The monoisotopic (exact) mass is 227 g/mol. The topological polar surface area (TPSA) is 51.4 Å². The molecule has 1 unspecified atom stereocenters. The molecule has 90 valence electrons. The molecule has 1 heterocycles. The highest BCUT2D eigenvalue weighted by molar-refractivity contribution is 5.09. The summed E-state index contributed by atoms with van der Waals surface area (Å²) < 4.78 is 17.8. The van der Waals surface area contributed by atoms with Gasteiger partial charge in [0, 0.05) is 32.4 Å². The van der Waals surface area contributed by atoms with Crippen molar-refractivity contribution in [3.8, 4) is 0 Å². The molecule has 0 spiro atoms. The zero-order valence-electron chi connectivity index (χ0n) is 9.69. The number of hydrogen-bond donors (Lipinski definition) is 1. The zero-order chi connectivity index (χ0) is 12.0. The summed E-state index contributed by atoms with van der Waals surface area (Å²) in [6.45, 7) is 1.85. The summed E-state index contributed by atoms with van der Waals surface area (Å²) in [4.78, 5) is 5.81. The molecule has 0 bridgehead atoms. The molecular formula is C11H18FN3O. The van der Waals surface area contributed by atoms with Crippen molar-refractivity contribution in [2.45, 2.75) is 12.6 Å². The summed E-state index contributed by atoms with van der Waals surface area (Å²) >= 11 is 0. The normalized spacial score (nSPS) is 13.1. The lowest BCUT2D eigenvalue weighted by Crippen LogP contribution is -2.38. The second-order valence-corrected chi connectivity index (χ2v) is 3.92. The molecule has 0 aliphatic carbocycles. The highest BCUT2D eigenvalue weighted by atomic mass is 19.1. The molecule has 1 atom stereocenters. The Morgan fingerprint density at radius 2 is 2.31 bits per heavy atom. The average Bonchev–Trinajstić information content (AvgIpc) is 2.17. The highest BCUT2D eigenvalue weighted by Gasteiger charge is 2.07. The maximum Gasteiger partial charge on any atom is 0.141 e. The van der Waals surface area contributed by atoms with Crippen LogP contribution < -0.4 is 5.73 Å². The standard InChI is InChI=1S/C11H18FN3O/c1-15(7-11(13)8-16-2)6-9-3-10(12)5-14-4-9/h3-5,11H,6-8,13H2,1-2H3. The first kappa shape index (κ1) is 13.0. The van der Waals surface area contributed by atoms with E-state index in [2.05, 4.69) is 4.98 Å². The van der Waals surface area contributed by atoms with E-state index >= 15 is 0 Å². The summed E-state index contributed by atoms with van der Waals surface area (Å²) in [6, 6.07) is 1.45. The number of nitrogens with two attached hydrogens (primary N) is 1. The van der Waals surface area contributed by atoms with Gasteiger partial charge in [-0.2, -0.15) is 0 Å². The van der Waals surface area contributed by atoms with Gasteiger partial charge in [-0.25, -0.2) is 4.39 Å². The van der Waals surface area contributed by atoms with Crippen LogP contribution in [0.5, 0.6) is 0 Å². The van der Waals surface area contributed by atoms with Crippen molar-refractivity contribution in [3.63, 3.8) is 0 Å². The van der Waals surface area contributed by atoms with Gasteiger partial charge in [0.1, 0.15) is 5.82 Å². The lowest BCUT2D eigenvalue weighted by Gasteiger charge is -2.20. The Kier molecular flexibility index (Phi) is 5.31. The van der Waals surface area contributed by atoms with Crippen molar-refractivity contribution in [2.24, 2.45) is 5.73 Å². The van der Waals surface area contributed by atoms with E-state index in [-0.39, 0.29) is 11.9 Å². The van der Waals surface area contributed by atoms with Crippen LogP contribution in [0.2, 0.25) is 0 Å². The van der Waals surface area contributed by atoms with Crippen LogP contribution in [0.25, 0.3) is 0 Å². The van der Waals surface area contributed by atoms with Gasteiger partial charge >= 0.3 is 0 Å². The van der Waals surface area contributed by atoms with E-state index in [1.807, 2.05) is 11.9 Å². The predicted molar refractivity (Wildman–Crippen MR) is 60.4 cm³/mol. The fourth-order valence-electron chi connectivity index (χ4n) is 1.59. The molecule has 0 aliphatic heterocycles. The van der Waals surface area contributed by atoms with Gasteiger partial charge in [-0.05, 0) is 18.7 Å². The third-order valence-corrected chi connectivity index (χ3v) is 2.14. The van der Waals surface area contributed by atoms with E-state index in [0.717, 1.165) is 5.56 Å². The van der Waals surface area contributed by atoms with Gasteiger partial charge in [0.25, 0.3) is 0 Å². The second-order valence-electron chi connectivity index (χ2n) is 3.92. The quantitative estimate of drug-likeness (QED) is 0.774. The molecule has 4 nitrogen and oxygen atoms in total. The smallest absolute Gasteiger partial charge is 0.141 e. The highest BCUT2D eigenvalue weighted by Crippen LogP contribution is 2.04. The molecular weight excluding hydrogens is 209 g/mol. The van der Waals surface area contributed by atoms with E-state index in [4.69, 9.17) is 10.5 Å². The van der Waals surface area contributed by atoms with Crippen LogP contribution in [0.1, 0.15) is 5.56 Å². The molecule has 0 amide bonds. The van der Waals surface area contributed by atoms with Gasteiger partial charge in [-0.3, -0.25) is 4.98 Å². The molecule has 0 fully saturated rings. The van der Waals surface area contributed by atoms with Gasteiger partial charge in [0.15, 0.2) is 0 Å². The van der Waals surface area contributed by atoms with Crippen LogP contribution in [0.3, 0.4) is 0 Å². The maximum atomic E-state index is 12.9. The number of halogens is 1. The van der Waals surface area contributed by atoms with Crippen LogP contribution in [-0.2, 0) is 11.3 Å². The Hall–Kier alpha value is -1.04. The Balaban J connectivity index is 2.42. The number of hydrogen-bond acceptors (Lipinski definition) is 4. The van der Waals surface area contributed by atoms with Gasteiger partial charge in [0.2, 0.25) is 0 Å². The third kappa shape index (κ3) is 4.65. The van der Waals surface area contributed by atoms with Crippen molar-refractivity contribution in [2.75, 3.05) is 27.3 Å². The van der Waals surface area contributed by atoms with E-state index in [0.29, 0.717) is 19.7 Å². The number of methoxy groups -OCH3 is 1. The Morgan fingerprint density at radius 3 is 2.94 bits per heavy atom. The number of likely N-dealkylation sites (N-methyl/N-ethyl adjacent to an activating group) is 1. The molecule has 0 saturated carbocycles. The SMILES string of the molecule is COCC(N)CN(C)Cc1cncc(F)c1. The first-order chi connectivity index (χ1) is 7.61. The minimum Gasteiger partial charge on any atom is -0.383 e. The second kappa shape index (κ2) is 6.52. The van der Waals surface area contributed by atoms with Gasteiger partial charge in [-0.1, -0.05) is 0 Å². The molecule has 0 aliphatic rings. The van der Waals surface area contributed by atoms with E-state index in [9.17, 15) is 4.39 Å².